The smallest absolute Gasteiger partial charge is 0.258 e. The second-order valence-electron chi connectivity index (χ2n) is 4.86. The molecular weight excluding hydrogens is 268 g/mol. The van der Waals surface area contributed by atoms with E-state index < -0.39 is 14.9 Å². The van der Waals surface area contributed by atoms with Crippen LogP contribution in [-0.2, 0) is 10.0 Å². The summed E-state index contributed by atoms with van der Waals surface area (Å²) in [7, 11) is -3.62. The number of rotatable bonds is 3. The van der Waals surface area contributed by atoms with Crippen molar-refractivity contribution in [1.82, 2.24) is 4.31 Å². The molecule has 6 nitrogen and oxygen atoms in total. The van der Waals surface area contributed by atoms with Crippen LogP contribution in [0.15, 0.2) is 29.2 Å². The van der Waals surface area contributed by atoms with E-state index >= 15 is 0 Å². The Hall–Kier alpha value is -1.47. The molecule has 1 aromatic carbocycles. The van der Waals surface area contributed by atoms with Crippen molar-refractivity contribution in [2.24, 2.45) is 5.92 Å². The van der Waals surface area contributed by atoms with Crippen molar-refractivity contribution in [1.29, 1.82) is 0 Å². The molecular formula is C12H16N2O4S. The fourth-order valence-corrected chi connectivity index (χ4v) is 3.91. The topological polar surface area (TPSA) is 80.5 Å². The zero-order valence-electron chi connectivity index (χ0n) is 10.7. The third-order valence-corrected chi connectivity index (χ3v) is 5.15. The maximum absolute atomic E-state index is 12.4. The average molecular weight is 284 g/mol. The number of benzene rings is 1. The van der Waals surface area contributed by atoms with E-state index in [1.807, 2.05) is 6.92 Å². The van der Waals surface area contributed by atoms with Gasteiger partial charge in [0.15, 0.2) is 0 Å². The first-order valence-electron chi connectivity index (χ1n) is 6.16. The lowest BCUT2D eigenvalue weighted by molar-refractivity contribution is -0.385. The van der Waals surface area contributed by atoms with Crippen LogP contribution < -0.4 is 0 Å². The van der Waals surface area contributed by atoms with Gasteiger partial charge in [0.1, 0.15) is 0 Å². The van der Waals surface area contributed by atoms with E-state index in [4.69, 9.17) is 0 Å². The molecule has 1 aliphatic heterocycles. The van der Waals surface area contributed by atoms with Crippen LogP contribution in [0.25, 0.3) is 0 Å². The van der Waals surface area contributed by atoms with Crippen molar-refractivity contribution in [3.05, 3.63) is 34.4 Å². The van der Waals surface area contributed by atoms with Crippen LogP contribution in [0.1, 0.15) is 19.8 Å². The van der Waals surface area contributed by atoms with Gasteiger partial charge < -0.3 is 0 Å². The molecule has 1 heterocycles. The van der Waals surface area contributed by atoms with Crippen LogP contribution in [0.2, 0.25) is 0 Å². The molecule has 1 saturated heterocycles. The average Bonchev–Trinajstić information content (AvgIpc) is 2.39. The Morgan fingerprint density at radius 2 is 2.16 bits per heavy atom. The molecule has 0 saturated carbocycles. The summed E-state index contributed by atoms with van der Waals surface area (Å²) in [5.74, 6) is 0.322. The molecule has 0 radical (unpaired) electrons. The van der Waals surface area contributed by atoms with E-state index in [1.54, 1.807) is 0 Å². The van der Waals surface area contributed by atoms with E-state index in [0.717, 1.165) is 18.9 Å². The van der Waals surface area contributed by atoms with Gasteiger partial charge in [0.2, 0.25) is 10.0 Å². The Labute approximate surface area is 112 Å². The summed E-state index contributed by atoms with van der Waals surface area (Å²) in [5.41, 5.74) is -0.203. The van der Waals surface area contributed by atoms with Crippen molar-refractivity contribution in [3.8, 4) is 0 Å². The predicted molar refractivity (Wildman–Crippen MR) is 70.3 cm³/mol. The van der Waals surface area contributed by atoms with Crippen molar-refractivity contribution in [2.45, 2.75) is 24.7 Å². The zero-order valence-corrected chi connectivity index (χ0v) is 11.5. The summed E-state index contributed by atoms with van der Waals surface area (Å²) in [6, 6.07) is 5.21. The normalized spacial score (nSPS) is 21.2. The van der Waals surface area contributed by atoms with Gasteiger partial charge in [-0.3, -0.25) is 10.1 Å². The molecule has 0 amide bonds. The van der Waals surface area contributed by atoms with Gasteiger partial charge in [-0.05, 0) is 24.8 Å². The highest BCUT2D eigenvalue weighted by atomic mass is 32.2. The van der Waals surface area contributed by atoms with Crippen LogP contribution in [-0.4, -0.2) is 30.7 Å². The van der Waals surface area contributed by atoms with Crippen LogP contribution in [0.3, 0.4) is 0 Å². The minimum atomic E-state index is -3.62. The van der Waals surface area contributed by atoms with Gasteiger partial charge in [-0.25, -0.2) is 8.42 Å². The van der Waals surface area contributed by atoms with Crippen LogP contribution in [0, 0.1) is 16.0 Å². The van der Waals surface area contributed by atoms with Crippen LogP contribution in [0.5, 0.6) is 0 Å². The van der Waals surface area contributed by atoms with E-state index in [9.17, 15) is 18.5 Å². The summed E-state index contributed by atoms with van der Waals surface area (Å²) < 4.78 is 26.2. The molecule has 1 aromatic rings. The molecule has 1 fully saturated rings. The van der Waals surface area contributed by atoms with Crippen molar-refractivity contribution in [3.63, 3.8) is 0 Å². The number of nitrogens with zero attached hydrogens (tertiary/aromatic N) is 2. The Morgan fingerprint density at radius 1 is 1.42 bits per heavy atom. The van der Waals surface area contributed by atoms with Gasteiger partial charge in [0.05, 0.1) is 9.82 Å². The maximum Gasteiger partial charge on any atom is 0.270 e. The molecule has 7 heteroatoms. The SMILES string of the molecule is CC1CCCN(S(=O)(=O)c2cccc([N+](=O)[O-])c2)C1. The highest BCUT2D eigenvalue weighted by Crippen LogP contribution is 2.25. The van der Waals surface area contributed by atoms with E-state index in [0.29, 0.717) is 19.0 Å². The maximum atomic E-state index is 12.4. The zero-order chi connectivity index (χ0) is 14.0. The quantitative estimate of drug-likeness (QED) is 0.628. The summed E-state index contributed by atoms with van der Waals surface area (Å²) in [6.45, 7) is 2.97. The van der Waals surface area contributed by atoms with Crippen LogP contribution >= 0.6 is 0 Å². The third kappa shape index (κ3) is 2.93. The molecule has 1 aliphatic rings. The van der Waals surface area contributed by atoms with E-state index in [2.05, 4.69) is 0 Å². The fourth-order valence-electron chi connectivity index (χ4n) is 2.27. The van der Waals surface area contributed by atoms with E-state index in [-0.39, 0.29) is 10.6 Å². The Bertz CT molecular complexity index is 585. The lowest BCUT2D eigenvalue weighted by Gasteiger charge is -2.29. The minimum absolute atomic E-state index is 0.00389. The number of non-ortho nitro benzene ring substituents is 1. The fraction of sp³-hybridized carbons (Fsp3) is 0.500. The summed E-state index contributed by atoms with van der Waals surface area (Å²) in [6.07, 6.45) is 1.84. The Morgan fingerprint density at radius 3 is 2.79 bits per heavy atom. The van der Waals surface area contributed by atoms with Gasteiger partial charge in [-0.15, -0.1) is 0 Å². The summed E-state index contributed by atoms with van der Waals surface area (Å²) >= 11 is 0. The largest absolute Gasteiger partial charge is 0.270 e. The lowest BCUT2D eigenvalue weighted by atomic mass is 10.0. The number of hydrogen-bond donors (Lipinski definition) is 0. The number of nitro benzene ring substituents is 1. The van der Waals surface area contributed by atoms with Crippen molar-refractivity contribution < 1.29 is 13.3 Å². The summed E-state index contributed by atoms with van der Waals surface area (Å²) in [5, 5.41) is 10.7. The predicted octanol–water partition coefficient (Wildman–Crippen LogP) is 2.02. The molecule has 2 rings (SSSR count). The number of nitro groups is 1. The minimum Gasteiger partial charge on any atom is -0.258 e. The van der Waals surface area contributed by atoms with Crippen LogP contribution in [0.4, 0.5) is 5.69 Å². The molecule has 0 N–H and O–H groups in total. The molecule has 1 atom stereocenters. The van der Waals surface area contributed by atoms with Gasteiger partial charge in [-0.1, -0.05) is 13.0 Å². The van der Waals surface area contributed by atoms with Gasteiger partial charge in [0.25, 0.3) is 5.69 Å². The molecule has 1 unspecified atom stereocenters. The highest BCUT2D eigenvalue weighted by Gasteiger charge is 2.29. The van der Waals surface area contributed by atoms with Gasteiger partial charge in [0, 0.05) is 25.2 Å². The number of hydrogen-bond acceptors (Lipinski definition) is 4. The first-order chi connectivity index (χ1) is 8.91. The first kappa shape index (κ1) is 14.0. The Kier molecular flexibility index (Phi) is 3.86. The molecule has 0 spiro atoms. The van der Waals surface area contributed by atoms with Crippen molar-refractivity contribution >= 4 is 15.7 Å². The monoisotopic (exact) mass is 284 g/mol. The van der Waals surface area contributed by atoms with Gasteiger partial charge >= 0.3 is 0 Å². The second kappa shape index (κ2) is 5.26. The lowest BCUT2D eigenvalue weighted by Crippen LogP contribution is -2.39. The molecule has 0 bridgehead atoms. The number of sulfonamides is 1. The number of piperidine rings is 1. The van der Waals surface area contributed by atoms with Crippen molar-refractivity contribution in [2.75, 3.05) is 13.1 Å². The molecule has 104 valence electrons. The summed E-state index contributed by atoms with van der Waals surface area (Å²) in [4.78, 5) is 10.1. The Balaban J connectivity index is 2.33. The molecule has 0 aromatic heterocycles. The second-order valence-corrected chi connectivity index (χ2v) is 6.80. The third-order valence-electron chi connectivity index (χ3n) is 3.29. The molecule has 19 heavy (non-hydrogen) atoms. The van der Waals surface area contributed by atoms with E-state index in [1.165, 1.54) is 22.5 Å². The standard InChI is InChI=1S/C12H16N2O4S/c1-10-4-3-7-13(9-10)19(17,18)12-6-2-5-11(8-12)14(15)16/h2,5-6,8,10H,3-4,7,9H2,1H3. The first-order valence-corrected chi connectivity index (χ1v) is 7.60. The highest BCUT2D eigenvalue weighted by molar-refractivity contribution is 7.89. The molecule has 0 aliphatic carbocycles. The van der Waals surface area contributed by atoms with Gasteiger partial charge in [-0.2, -0.15) is 4.31 Å².